The molecule has 6 nitrogen and oxygen atoms in total. The first kappa shape index (κ1) is 20.0. The van der Waals surface area contributed by atoms with Crippen LogP contribution < -0.4 is 4.74 Å². The summed E-state index contributed by atoms with van der Waals surface area (Å²) in [5.74, 6) is 2.46. The molecule has 2 heterocycles. The lowest BCUT2D eigenvalue weighted by molar-refractivity contribution is 0.102. The van der Waals surface area contributed by atoms with Gasteiger partial charge in [-0.25, -0.2) is 0 Å². The van der Waals surface area contributed by atoms with E-state index in [-0.39, 0.29) is 11.5 Å². The Kier molecular flexibility index (Phi) is 5.99. The van der Waals surface area contributed by atoms with E-state index in [1.54, 1.807) is 25.5 Å². The Morgan fingerprint density at radius 3 is 2.73 bits per heavy atom. The van der Waals surface area contributed by atoms with Gasteiger partial charge in [-0.05, 0) is 36.8 Å². The van der Waals surface area contributed by atoms with Crippen LogP contribution in [0.15, 0.2) is 76.5 Å². The average Bonchev–Trinajstić information content (AvgIpc) is 3.43. The number of hydrogen-bond donors (Lipinski definition) is 0. The average molecular weight is 420 g/mol. The number of Topliss-reactive ketones (excluding diaryl/α,β-unsaturated/α-hetero) is 1. The summed E-state index contributed by atoms with van der Waals surface area (Å²) in [5.41, 5.74) is 2.72. The van der Waals surface area contributed by atoms with E-state index in [0.29, 0.717) is 23.0 Å². The molecule has 0 bridgehead atoms. The van der Waals surface area contributed by atoms with Crippen LogP contribution in [-0.4, -0.2) is 33.4 Å². The highest BCUT2D eigenvalue weighted by molar-refractivity contribution is 7.99. The fourth-order valence-electron chi connectivity index (χ4n) is 3.13. The molecule has 2 aromatic heterocycles. The number of hydrogen-bond acceptors (Lipinski definition) is 6. The largest absolute Gasteiger partial charge is 0.497 e. The monoisotopic (exact) mass is 419 g/mol. The molecular formula is C23H21N3O3S. The molecule has 0 fully saturated rings. The Labute approximate surface area is 178 Å². The van der Waals surface area contributed by atoms with Gasteiger partial charge < -0.3 is 9.15 Å². The molecule has 7 heteroatoms. The number of rotatable bonds is 8. The number of thioether (sulfide) groups is 1. The molecule has 0 atom stereocenters. The Morgan fingerprint density at radius 2 is 1.97 bits per heavy atom. The first-order chi connectivity index (χ1) is 14.7. The van der Waals surface area contributed by atoms with E-state index in [4.69, 9.17) is 9.15 Å². The van der Waals surface area contributed by atoms with Crippen molar-refractivity contribution in [3.05, 3.63) is 83.8 Å². The van der Waals surface area contributed by atoms with E-state index in [2.05, 4.69) is 10.2 Å². The zero-order chi connectivity index (χ0) is 20.9. The lowest BCUT2D eigenvalue weighted by Gasteiger charge is -2.10. The molecule has 152 valence electrons. The molecule has 0 aliphatic carbocycles. The smallest absolute Gasteiger partial charge is 0.192 e. The Balaban J connectivity index is 1.61. The molecule has 0 radical (unpaired) electrons. The zero-order valence-corrected chi connectivity index (χ0v) is 17.6. The highest BCUT2D eigenvalue weighted by Crippen LogP contribution is 2.28. The first-order valence-corrected chi connectivity index (χ1v) is 10.5. The summed E-state index contributed by atoms with van der Waals surface area (Å²) in [4.78, 5) is 12.7. The summed E-state index contributed by atoms with van der Waals surface area (Å²) in [7, 11) is 1.59. The minimum absolute atomic E-state index is 0.00360. The van der Waals surface area contributed by atoms with Crippen molar-refractivity contribution in [3.8, 4) is 17.1 Å². The van der Waals surface area contributed by atoms with Crippen molar-refractivity contribution in [3.63, 3.8) is 0 Å². The SMILES string of the molecule is COc1cccc(C(=O)CSc2nnc(-c3ccccc3C)n2Cc2ccco2)c1. The molecule has 0 aliphatic heterocycles. The Bertz CT molecular complexity index is 1150. The van der Waals surface area contributed by atoms with Crippen LogP contribution in [0.5, 0.6) is 5.75 Å². The quantitative estimate of drug-likeness (QED) is 0.299. The maximum atomic E-state index is 12.7. The molecule has 0 saturated carbocycles. The molecule has 0 unspecified atom stereocenters. The van der Waals surface area contributed by atoms with Gasteiger partial charge in [-0.1, -0.05) is 48.2 Å². The second-order valence-corrected chi connectivity index (χ2v) is 7.67. The molecule has 2 aromatic carbocycles. The van der Waals surface area contributed by atoms with Gasteiger partial charge >= 0.3 is 0 Å². The predicted octanol–water partition coefficient (Wildman–Crippen LogP) is 4.88. The number of carbonyl (C=O) groups excluding carboxylic acids is 1. The number of nitrogens with zero attached hydrogens (tertiary/aromatic N) is 3. The maximum Gasteiger partial charge on any atom is 0.192 e. The predicted molar refractivity (Wildman–Crippen MR) is 116 cm³/mol. The fourth-order valence-corrected chi connectivity index (χ4v) is 3.96. The molecule has 0 amide bonds. The van der Waals surface area contributed by atoms with Crippen LogP contribution in [0, 0.1) is 6.92 Å². The third-order valence-electron chi connectivity index (χ3n) is 4.72. The molecule has 0 saturated heterocycles. The summed E-state index contributed by atoms with van der Waals surface area (Å²) in [6, 6.07) is 19.0. The topological polar surface area (TPSA) is 70.2 Å². The van der Waals surface area contributed by atoms with Crippen molar-refractivity contribution < 1.29 is 13.9 Å². The van der Waals surface area contributed by atoms with Crippen LogP contribution in [0.1, 0.15) is 21.7 Å². The van der Waals surface area contributed by atoms with E-state index in [9.17, 15) is 4.79 Å². The van der Waals surface area contributed by atoms with Crippen molar-refractivity contribution in [1.29, 1.82) is 0 Å². The first-order valence-electron chi connectivity index (χ1n) is 9.47. The van der Waals surface area contributed by atoms with Gasteiger partial charge in [-0.2, -0.15) is 0 Å². The number of furan rings is 1. The zero-order valence-electron chi connectivity index (χ0n) is 16.7. The number of methoxy groups -OCH3 is 1. The van der Waals surface area contributed by atoms with E-state index in [0.717, 1.165) is 22.7 Å². The van der Waals surface area contributed by atoms with Gasteiger partial charge in [-0.3, -0.25) is 9.36 Å². The fraction of sp³-hybridized carbons (Fsp3) is 0.174. The molecule has 4 aromatic rings. The summed E-state index contributed by atoms with van der Waals surface area (Å²) >= 11 is 1.36. The van der Waals surface area contributed by atoms with Crippen LogP contribution in [-0.2, 0) is 6.54 Å². The van der Waals surface area contributed by atoms with Crippen LogP contribution in [0.3, 0.4) is 0 Å². The third kappa shape index (κ3) is 4.31. The van der Waals surface area contributed by atoms with Crippen LogP contribution in [0.2, 0.25) is 0 Å². The van der Waals surface area contributed by atoms with Gasteiger partial charge in [0, 0.05) is 11.1 Å². The summed E-state index contributed by atoms with van der Waals surface area (Å²) in [6.07, 6.45) is 1.65. The van der Waals surface area contributed by atoms with Crippen molar-refractivity contribution in [1.82, 2.24) is 14.8 Å². The van der Waals surface area contributed by atoms with Gasteiger partial charge in [0.2, 0.25) is 0 Å². The highest BCUT2D eigenvalue weighted by Gasteiger charge is 2.18. The lowest BCUT2D eigenvalue weighted by Crippen LogP contribution is -2.07. The number of carbonyl (C=O) groups is 1. The molecular weight excluding hydrogens is 398 g/mol. The van der Waals surface area contributed by atoms with Crippen molar-refractivity contribution in [2.24, 2.45) is 0 Å². The molecule has 0 N–H and O–H groups in total. The van der Waals surface area contributed by atoms with Crippen molar-refractivity contribution in [2.45, 2.75) is 18.6 Å². The normalized spacial score (nSPS) is 10.9. The lowest BCUT2D eigenvalue weighted by atomic mass is 10.1. The summed E-state index contributed by atoms with van der Waals surface area (Å²) in [5, 5.41) is 9.46. The van der Waals surface area contributed by atoms with Gasteiger partial charge in [-0.15, -0.1) is 10.2 Å². The maximum absolute atomic E-state index is 12.7. The second kappa shape index (κ2) is 9.00. The number of aryl methyl sites for hydroxylation is 1. The van der Waals surface area contributed by atoms with E-state index < -0.39 is 0 Å². The summed E-state index contributed by atoms with van der Waals surface area (Å²) < 4.78 is 12.7. The number of ether oxygens (including phenoxy) is 1. The second-order valence-electron chi connectivity index (χ2n) is 6.73. The van der Waals surface area contributed by atoms with Gasteiger partial charge in [0.25, 0.3) is 0 Å². The molecule has 30 heavy (non-hydrogen) atoms. The third-order valence-corrected chi connectivity index (χ3v) is 5.69. The number of aromatic nitrogens is 3. The Hall–Kier alpha value is -3.32. The van der Waals surface area contributed by atoms with E-state index >= 15 is 0 Å². The Morgan fingerprint density at radius 1 is 1.10 bits per heavy atom. The highest BCUT2D eigenvalue weighted by atomic mass is 32.2. The standard InChI is InChI=1S/C23H21N3O3S/c1-16-7-3-4-11-20(16)22-24-25-23(26(22)14-19-10-6-12-29-19)30-15-21(27)17-8-5-9-18(13-17)28-2/h3-13H,14-15H2,1-2H3. The van der Waals surface area contributed by atoms with Crippen LogP contribution in [0.25, 0.3) is 11.4 Å². The molecule has 0 spiro atoms. The van der Waals surface area contributed by atoms with Gasteiger partial charge in [0.05, 0.1) is 25.7 Å². The van der Waals surface area contributed by atoms with E-state index in [1.165, 1.54) is 11.8 Å². The number of benzene rings is 2. The van der Waals surface area contributed by atoms with E-state index in [1.807, 2.05) is 60.0 Å². The van der Waals surface area contributed by atoms with Crippen LogP contribution in [0.4, 0.5) is 0 Å². The van der Waals surface area contributed by atoms with Gasteiger partial charge in [0.15, 0.2) is 16.8 Å². The van der Waals surface area contributed by atoms with Crippen molar-refractivity contribution in [2.75, 3.05) is 12.9 Å². The van der Waals surface area contributed by atoms with Crippen LogP contribution >= 0.6 is 11.8 Å². The van der Waals surface area contributed by atoms with Crippen molar-refractivity contribution >= 4 is 17.5 Å². The molecule has 4 rings (SSSR count). The summed E-state index contributed by atoms with van der Waals surface area (Å²) in [6.45, 7) is 2.53. The minimum Gasteiger partial charge on any atom is -0.497 e. The minimum atomic E-state index is 0.00360. The van der Waals surface area contributed by atoms with Gasteiger partial charge in [0.1, 0.15) is 11.5 Å². The number of ketones is 1. The molecule has 0 aliphatic rings.